The van der Waals surface area contributed by atoms with Gasteiger partial charge in [-0.05, 0) is 12.8 Å². The van der Waals surface area contributed by atoms with Gasteiger partial charge in [0.05, 0.1) is 0 Å². The van der Waals surface area contributed by atoms with Crippen molar-refractivity contribution < 1.29 is 14.1 Å². The minimum atomic E-state index is 0.136. The minimum absolute atomic E-state index is 0.136. The van der Waals surface area contributed by atoms with E-state index in [1.54, 1.807) is 14.0 Å². The third-order valence-electron chi connectivity index (χ3n) is 3.06. The van der Waals surface area contributed by atoms with E-state index in [0.717, 1.165) is 31.8 Å². The lowest BCUT2D eigenvalue weighted by molar-refractivity contribution is -0.129. The lowest BCUT2D eigenvalue weighted by Gasteiger charge is -2.29. The Kier molecular flexibility index (Phi) is 3.73. The molecule has 1 saturated heterocycles. The van der Waals surface area contributed by atoms with Gasteiger partial charge in [0.2, 0.25) is 5.91 Å². The summed E-state index contributed by atoms with van der Waals surface area (Å²) in [7, 11) is 1.59. The molecule has 17 heavy (non-hydrogen) atoms. The quantitative estimate of drug-likeness (QED) is 0.785. The number of methoxy groups -OCH3 is 1. The van der Waals surface area contributed by atoms with Crippen molar-refractivity contribution in [2.75, 3.05) is 20.2 Å². The number of amides is 1. The van der Waals surface area contributed by atoms with Crippen LogP contribution in [0.4, 0.5) is 0 Å². The van der Waals surface area contributed by atoms with Crippen molar-refractivity contribution in [1.29, 1.82) is 0 Å². The maximum atomic E-state index is 11.2. The molecule has 0 aromatic carbocycles. The van der Waals surface area contributed by atoms with Gasteiger partial charge < -0.3 is 14.2 Å². The van der Waals surface area contributed by atoms with Gasteiger partial charge in [-0.1, -0.05) is 5.16 Å². The second-order valence-electron chi connectivity index (χ2n) is 4.26. The molecule has 1 aromatic heterocycles. The number of aromatic nitrogens is 2. The topological polar surface area (TPSA) is 68.5 Å². The monoisotopic (exact) mass is 239 g/mol. The van der Waals surface area contributed by atoms with E-state index in [4.69, 9.17) is 9.26 Å². The summed E-state index contributed by atoms with van der Waals surface area (Å²) in [6, 6.07) is 0. The molecule has 6 heteroatoms. The van der Waals surface area contributed by atoms with Crippen molar-refractivity contribution in [3.05, 3.63) is 11.7 Å². The molecule has 0 unspecified atom stereocenters. The highest BCUT2D eigenvalue weighted by Gasteiger charge is 2.25. The van der Waals surface area contributed by atoms with E-state index in [-0.39, 0.29) is 5.91 Å². The number of hydrogen-bond donors (Lipinski definition) is 0. The Hall–Kier alpha value is -1.43. The van der Waals surface area contributed by atoms with Gasteiger partial charge in [0.1, 0.15) is 6.61 Å². The number of carbonyl (C=O) groups is 1. The van der Waals surface area contributed by atoms with Crippen LogP contribution in [0.15, 0.2) is 4.52 Å². The fourth-order valence-electron chi connectivity index (χ4n) is 2.07. The fraction of sp³-hybridized carbons (Fsp3) is 0.727. The third-order valence-corrected chi connectivity index (χ3v) is 3.06. The summed E-state index contributed by atoms with van der Waals surface area (Å²) in [5, 5.41) is 3.96. The molecular weight excluding hydrogens is 222 g/mol. The van der Waals surface area contributed by atoms with Gasteiger partial charge in [0.25, 0.3) is 5.89 Å². The SMILES string of the molecule is COCc1nc(C2CCN(C(C)=O)CC2)no1. The van der Waals surface area contributed by atoms with Crippen molar-refractivity contribution in [2.24, 2.45) is 0 Å². The summed E-state index contributed by atoms with van der Waals surface area (Å²) in [5.74, 6) is 1.67. The van der Waals surface area contributed by atoms with Crippen LogP contribution in [0.3, 0.4) is 0 Å². The summed E-state index contributed by atoms with van der Waals surface area (Å²) in [4.78, 5) is 17.3. The van der Waals surface area contributed by atoms with Crippen LogP contribution in [0.5, 0.6) is 0 Å². The van der Waals surface area contributed by atoms with Crippen molar-refractivity contribution in [1.82, 2.24) is 15.0 Å². The van der Waals surface area contributed by atoms with Gasteiger partial charge in [-0.2, -0.15) is 4.98 Å². The normalized spacial score (nSPS) is 17.4. The van der Waals surface area contributed by atoms with E-state index in [1.807, 2.05) is 4.90 Å². The summed E-state index contributed by atoms with van der Waals surface area (Å²) < 4.78 is 9.99. The van der Waals surface area contributed by atoms with E-state index >= 15 is 0 Å². The van der Waals surface area contributed by atoms with Crippen LogP contribution in [-0.2, 0) is 16.1 Å². The lowest BCUT2D eigenvalue weighted by atomic mass is 9.96. The molecule has 0 aliphatic carbocycles. The largest absolute Gasteiger partial charge is 0.375 e. The van der Waals surface area contributed by atoms with Crippen LogP contribution in [0, 0.1) is 0 Å². The molecule has 0 atom stereocenters. The number of carbonyl (C=O) groups excluding carboxylic acids is 1. The highest BCUT2D eigenvalue weighted by atomic mass is 16.5. The molecule has 0 N–H and O–H groups in total. The Morgan fingerprint density at radius 2 is 2.24 bits per heavy atom. The first-order chi connectivity index (χ1) is 8.20. The molecule has 1 aliphatic heterocycles. The van der Waals surface area contributed by atoms with Crippen LogP contribution in [0.2, 0.25) is 0 Å². The molecule has 6 nitrogen and oxygen atoms in total. The van der Waals surface area contributed by atoms with Crippen molar-refractivity contribution in [3.8, 4) is 0 Å². The molecule has 1 aliphatic rings. The average molecular weight is 239 g/mol. The second kappa shape index (κ2) is 5.27. The fourth-order valence-corrected chi connectivity index (χ4v) is 2.07. The Balaban J connectivity index is 1.93. The molecular formula is C11H17N3O3. The first kappa shape index (κ1) is 12.0. The Labute approximate surface area is 99.9 Å². The number of rotatable bonds is 3. The van der Waals surface area contributed by atoms with Gasteiger partial charge in [-0.3, -0.25) is 4.79 Å². The van der Waals surface area contributed by atoms with Gasteiger partial charge in [-0.25, -0.2) is 0 Å². The second-order valence-corrected chi connectivity index (χ2v) is 4.26. The first-order valence-corrected chi connectivity index (χ1v) is 5.77. The van der Waals surface area contributed by atoms with Crippen LogP contribution >= 0.6 is 0 Å². The van der Waals surface area contributed by atoms with Crippen LogP contribution in [-0.4, -0.2) is 41.1 Å². The molecule has 1 aromatic rings. The average Bonchev–Trinajstić information content (AvgIpc) is 2.78. The van der Waals surface area contributed by atoms with Crippen LogP contribution in [0.1, 0.15) is 37.4 Å². The molecule has 1 amide bonds. The van der Waals surface area contributed by atoms with E-state index in [0.29, 0.717) is 18.4 Å². The number of ether oxygens (including phenoxy) is 1. The van der Waals surface area contributed by atoms with E-state index in [2.05, 4.69) is 10.1 Å². The highest BCUT2D eigenvalue weighted by Crippen LogP contribution is 2.25. The molecule has 0 bridgehead atoms. The third kappa shape index (κ3) is 2.82. The lowest BCUT2D eigenvalue weighted by Crippen LogP contribution is -2.36. The summed E-state index contributed by atoms with van der Waals surface area (Å²) >= 11 is 0. The van der Waals surface area contributed by atoms with E-state index in [9.17, 15) is 4.79 Å². The molecule has 0 spiro atoms. The molecule has 94 valence electrons. The standard InChI is InChI=1S/C11H17N3O3/c1-8(15)14-5-3-9(4-6-14)11-12-10(7-16-2)17-13-11/h9H,3-7H2,1-2H3. The number of likely N-dealkylation sites (tertiary alicyclic amines) is 1. The number of hydrogen-bond acceptors (Lipinski definition) is 5. The van der Waals surface area contributed by atoms with Gasteiger partial charge in [0.15, 0.2) is 5.82 Å². The molecule has 2 heterocycles. The van der Waals surface area contributed by atoms with Gasteiger partial charge in [0, 0.05) is 33.0 Å². The Bertz CT molecular complexity index is 383. The molecule has 1 fully saturated rings. The van der Waals surface area contributed by atoms with Gasteiger partial charge >= 0.3 is 0 Å². The van der Waals surface area contributed by atoms with Crippen LogP contribution in [0.25, 0.3) is 0 Å². The minimum Gasteiger partial charge on any atom is -0.375 e. The molecule has 0 saturated carbocycles. The first-order valence-electron chi connectivity index (χ1n) is 5.77. The smallest absolute Gasteiger partial charge is 0.252 e. The van der Waals surface area contributed by atoms with Crippen molar-refractivity contribution in [3.63, 3.8) is 0 Å². The zero-order chi connectivity index (χ0) is 12.3. The number of piperidine rings is 1. The highest BCUT2D eigenvalue weighted by molar-refractivity contribution is 5.73. The zero-order valence-corrected chi connectivity index (χ0v) is 10.2. The van der Waals surface area contributed by atoms with Crippen LogP contribution < -0.4 is 0 Å². The zero-order valence-electron chi connectivity index (χ0n) is 10.2. The predicted octanol–water partition coefficient (Wildman–Crippen LogP) is 0.942. The van der Waals surface area contributed by atoms with E-state index in [1.165, 1.54) is 0 Å². The summed E-state index contributed by atoms with van der Waals surface area (Å²) in [6.45, 7) is 3.49. The Morgan fingerprint density at radius 1 is 1.53 bits per heavy atom. The summed E-state index contributed by atoms with van der Waals surface area (Å²) in [5.41, 5.74) is 0. The number of nitrogens with zero attached hydrogens (tertiary/aromatic N) is 3. The molecule has 0 radical (unpaired) electrons. The van der Waals surface area contributed by atoms with E-state index < -0.39 is 0 Å². The summed E-state index contributed by atoms with van der Waals surface area (Å²) in [6.07, 6.45) is 1.79. The maximum absolute atomic E-state index is 11.2. The van der Waals surface area contributed by atoms with Crippen molar-refractivity contribution in [2.45, 2.75) is 32.3 Å². The van der Waals surface area contributed by atoms with Gasteiger partial charge in [-0.15, -0.1) is 0 Å². The maximum Gasteiger partial charge on any atom is 0.252 e. The predicted molar refractivity (Wildman–Crippen MR) is 59.2 cm³/mol. The Morgan fingerprint density at radius 3 is 2.82 bits per heavy atom. The molecule has 2 rings (SSSR count). The van der Waals surface area contributed by atoms with Crippen molar-refractivity contribution >= 4 is 5.91 Å².